The number of aromatic amines is 1. The second-order valence-electron chi connectivity index (χ2n) is 19.4. The van der Waals surface area contributed by atoms with Crippen LogP contribution >= 0.6 is 11.9 Å². The van der Waals surface area contributed by atoms with E-state index in [0.717, 1.165) is 61.9 Å². The summed E-state index contributed by atoms with van der Waals surface area (Å²) in [6.45, 7) is 9.41. The molecule has 1 amide bonds. The van der Waals surface area contributed by atoms with Gasteiger partial charge in [0, 0.05) is 86.7 Å². The van der Waals surface area contributed by atoms with E-state index in [0.29, 0.717) is 61.1 Å². The molecule has 2 saturated heterocycles. The standard InChI is InChI=1S/C46H54F4N8O4S/c1-42(2)10-8-31(36(23-42)43-26-44(27-43,28-43)46(48,49)50)25-56-16-18-57(19-17-56)32-4-6-35(39(21-32)62-33-20-30-9-13-51-40(30)52-24-33)41(59)54-63-34-5-7-37(38(22-34)58(60)61)53-29-45(47)11-14-55(3)15-12-45/h4-7,9,13,20-22,24,53H,8,10-12,14-19,23,25-29H2,1-3H3,(H,51,52)(H,54,59). The largest absolute Gasteiger partial charge is 0.455 e. The van der Waals surface area contributed by atoms with Crippen LogP contribution in [0, 0.1) is 26.4 Å². The number of nitro benzene ring substituents is 1. The Balaban J connectivity index is 0.883. The predicted octanol–water partition coefficient (Wildman–Crippen LogP) is 9.91. The van der Waals surface area contributed by atoms with Gasteiger partial charge in [0.1, 0.15) is 28.5 Å². The number of aromatic nitrogens is 2. The molecule has 0 unspecified atom stereocenters. The van der Waals surface area contributed by atoms with Crippen LogP contribution in [0.4, 0.5) is 34.6 Å². The summed E-state index contributed by atoms with van der Waals surface area (Å²) in [6.07, 6.45) is 3.47. The van der Waals surface area contributed by atoms with E-state index >= 15 is 4.39 Å². The van der Waals surface area contributed by atoms with Gasteiger partial charge in [0.05, 0.1) is 22.1 Å². The summed E-state index contributed by atoms with van der Waals surface area (Å²) in [6, 6.07) is 13.7. The van der Waals surface area contributed by atoms with E-state index in [2.05, 4.69) is 48.6 Å². The Hall–Kier alpha value is -4.87. The Morgan fingerprint density at radius 3 is 2.46 bits per heavy atom. The first kappa shape index (κ1) is 43.4. The molecule has 5 fully saturated rings. The lowest BCUT2D eigenvalue weighted by molar-refractivity contribution is -0.384. The normalized spacial score (nSPS) is 24.7. The van der Waals surface area contributed by atoms with Crippen molar-refractivity contribution >= 4 is 46.0 Å². The van der Waals surface area contributed by atoms with Crippen molar-refractivity contribution in [2.45, 2.75) is 82.0 Å². The number of benzene rings is 2. The van der Waals surface area contributed by atoms with E-state index in [1.54, 1.807) is 24.5 Å². The number of carbonyl (C=O) groups excluding carboxylic acids is 1. The Bertz CT molecular complexity index is 2420. The van der Waals surface area contributed by atoms with Crippen molar-refractivity contribution in [3.05, 3.63) is 87.7 Å². The lowest BCUT2D eigenvalue weighted by Gasteiger charge is -2.72. The third-order valence-electron chi connectivity index (χ3n) is 14.3. The van der Waals surface area contributed by atoms with E-state index in [1.807, 2.05) is 31.3 Å². The van der Waals surface area contributed by atoms with Gasteiger partial charge in [-0.2, -0.15) is 13.2 Å². The fraction of sp³-hybridized carbons (Fsp3) is 0.522. The number of H-pyrrole nitrogens is 1. The average molecular weight is 891 g/mol. The van der Waals surface area contributed by atoms with Crippen molar-refractivity contribution in [2.75, 3.05) is 69.6 Å². The van der Waals surface area contributed by atoms with Crippen LogP contribution in [0.5, 0.6) is 11.5 Å². The maximum absolute atomic E-state index is 15.4. The molecule has 2 bridgehead atoms. The van der Waals surface area contributed by atoms with Crippen LogP contribution in [0.15, 0.2) is 77.0 Å². The SMILES string of the molecule is CN1CCC(F)(CNc2ccc(SNC(=O)c3ccc(N4CCN(CC5=C(C67CC(C(F)(F)F)(C6)C7)CC(C)(C)CC5)CC4)cc3Oc3cnc4[nH]ccc4c3)cc2[N+](=O)[O-])CC1. The fourth-order valence-electron chi connectivity index (χ4n) is 10.5. The molecule has 336 valence electrons. The monoisotopic (exact) mass is 890 g/mol. The topological polar surface area (TPSA) is 132 Å². The number of carbonyl (C=O) groups is 1. The van der Waals surface area contributed by atoms with E-state index in [9.17, 15) is 28.1 Å². The summed E-state index contributed by atoms with van der Waals surface area (Å²) < 4.78 is 66.1. The van der Waals surface area contributed by atoms with Crippen molar-refractivity contribution in [1.82, 2.24) is 24.5 Å². The van der Waals surface area contributed by atoms with Gasteiger partial charge in [-0.25, -0.2) is 9.37 Å². The van der Waals surface area contributed by atoms with Gasteiger partial charge in [-0.15, -0.1) is 0 Å². The summed E-state index contributed by atoms with van der Waals surface area (Å²) in [5, 5.41) is 15.9. The van der Waals surface area contributed by atoms with Crippen LogP contribution in [0.2, 0.25) is 0 Å². The molecule has 3 N–H and O–H groups in total. The average Bonchev–Trinajstić information content (AvgIpc) is 3.68. The van der Waals surface area contributed by atoms with Gasteiger partial charge in [0.25, 0.3) is 11.6 Å². The molecule has 2 aromatic heterocycles. The number of allylic oxidation sites excluding steroid dienone is 1. The Kier molecular flexibility index (Phi) is 11.2. The van der Waals surface area contributed by atoms with Gasteiger partial charge in [0.2, 0.25) is 0 Å². The predicted molar refractivity (Wildman–Crippen MR) is 236 cm³/mol. The third-order valence-corrected chi connectivity index (χ3v) is 15.1. The third kappa shape index (κ3) is 8.72. The number of hydrogen-bond donors (Lipinski definition) is 3. The second kappa shape index (κ2) is 16.3. The van der Waals surface area contributed by atoms with Crippen LogP contribution in [0.1, 0.15) is 75.6 Å². The van der Waals surface area contributed by atoms with Crippen LogP contribution in [-0.4, -0.2) is 102 Å². The highest BCUT2D eigenvalue weighted by molar-refractivity contribution is 7.98. The maximum atomic E-state index is 15.4. The molecule has 10 rings (SSSR count). The van der Waals surface area contributed by atoms with Crippen LogP contribution in [0.3, 0.4) is 0 Å². The van der Waals surface area contributed by atoms with E-state index in [1.165, 1.54) is 23.3 Å². The first-order valence-corrected chi connectivity index (χ1v) is 22.6. The van der Waals surface area contributed by atoms with Crippen LogP contribution in [-0.2, 0) is 0 Å². The lowest BCUT2D eigenvalue weighted by atomic mass is 9.31. The van der Waals surface area contributed by atoms with Gasteiger partial charge in [0.15, 0.2) is 0 Å². The van der Waals surface area contributed by atoms with Gasteiger partial charge < -0.3 is 24.8 Å². The van der Waals surface area contributed by atoms with Gasteiger partial charge in [-0.3, -0.25) is 24.5 Å². The molecule has 3 saturated carbocycles. The van der Waals surface area contributed by atoms with Crippen molar-refractivity contribution in [2.24, 2.45) is 16.2 Å². The number of piperidine rings is 1. The molecule has 0 radical (unpaired) electrons. The fourth-order valence-corrected chi connectivity index (χ4v) is 11.1. The number of nitrogens with zero attached hydrogens (tertiary/aromatic N) is 5. The number of fused-ring (bicyclic) bond motifs is 1. The summed E-state index contributed by atoms with van der Waals surface area (Å²) in [7, 11) is 1.94. The van der Waals surface area contributed by atoms with Crippen LogP contribution < -0.4 is 19.7 Å². The first-order chi connectivity index (χ1) is 29.9. The minimum absolute atomic E-state index is 0.0400. The van der Waals surface area contributed by atoms with Gasteiger partial charge in [-0.05, 0) is 118 Å². The van der Waals surface area contributed by atoms with E-state index in [4.69, 9.17) is 4.74 Å². The molecule has 4 aromatic rings. The van der Waals surface area contributed by atoms with Crippen molar-refractivity contribution in [3.8, 4) is 11.5 Å². The zero-order valence-electron chi connectivity index (χ0n) is 35.9. The highest BCUT2D eigenvalue weighted by Crippen LogP contribution is 2.82. The number of hydrogen-bond acceptors (Lipinski definition) is 10. The summed E-state index contributed by atoms with van der Waals surface area (Å²) in [4.78, 5) is 40.1. The number of halogens is 4. The number of amides is 1. The minimum Gasteiger partial charge on any atom is -0.455 e. The molecule has 2 aromatic carbocycles. The quantitative estimate of drug-likeness (QED) is 0.0392. The summed E-state index contributed by atoms with van der Waals surface area (Å²) in [5.41, 5.74) is 1.31. The Morgan fingerprint density at radius 1 is 1.00 bits per heavy atom. The van der Waals surface area contributed by atoms with Crippen molar-refractivity contribution < 1.29 is 32.0 Å². The number of rotatable bonds is 13. The Morgan fingerprint density at radius 2 is 1.75 bits per heavy atom. The molecule has 0 atom stereocenters. The number of ether oxygens (including phenoxy) is 1. The first-order valence-electron chi connectivity index (χ1n) is 21.8. The number of nitro groups is 1. The molecule has 63 heavy (non-hydrogen) atoms. The lowest BCUT2D eigenvalue weighted by Crippen LogP contribution is -2.69. The molecular weight excluding hydrogens is 837 g/mol. The van der Waals surface area contributed by atoms with E-state index < -0.39 is 28.1 Å². The molecule has 4 aliphatic carbocycles. The highest BCUT2D eigenvalue weighted by atomic mass is 32.2. The highest BCUT2D eigenvalue weighted by Gasteiger charge is 2.79. The van der Waals surface area contributed by atoms with Crippen molar-refractivity contribution in [1.29, 1.82) is 0 Å². The molecule has 2 aliphatic heterocycles. The molecule has 0 spiro atoms. The Labute approximate surface area is 368 Å². The zero-order valence-corrected chi connectivity index (χ0v) is 36.7. The van der Waals surface area contributed by atoms with Crippen LogP contribution in [0.25, 0.3) is 11.0 Å². The van der Waals surface area contributed by atoms with E-state index in [-0.39, 0.29) is 53.6 Å². The summed E-state index contributed by atoms with van der Waals surface area (Å²) in [5.74, 6) is 0.265. The van der Waals surface area contributed by atoms with Gasteiger partial charge in [-0.1, -0.05) is 25.0 Å². The number of likely N-dealkylation sites (tertiary alicyclic amines) is 1. The molecule has 4 heterocycles. The molecule has 12 nitrogen and oxygen atoms in total. The maximum Gasteiger partial charge on any atom is 0.394 e. The zero-order chi connectivity index (χ0) is 44.4. The molecular formula is C46H54F4N8O4S. The number of alkyl halides is 4. The minimum atomic E-state index is -4.12. The molecule has 6 aliphatic rings. The van der Waals surface area contributed by atoms with Gasteiger partial charge >= 0.3 is 6.18 Å². The number of nitrogens with one attached hydrogen (secondary N) is 3. The van der Waals surface area contributed by atoms with Crippen molar-refractivity contribution in [3.63, 3.8) is 0 Å². The number of anilines is 2. The second-order valence-corrected chi connectivity index (χ2v) is 20.3. The smallest absolute Gasteiger partial charge is 0.394 e. The molecule has 17 heteroatoms. The number of piperazine rings is 1. The number of pyridine rings is 1. The summed E-state index contributed by atoms with van der Waals surface area (Å²) >= 11 is 0.931.